The zero-order valence-electron chi connectivity index (χ0n) is 9.15. The summed E-state index contributed by atoms with van der Waals surface area (Å²) in [7, 11) is 0. The fourth-order valence-corrected chi connectivity index (χ4v) is 2.00. The number of alkyl halides is 3. The number of nitrogens with two attached hydrogens (primary N) is 1. The lowest BCUT2D eigenvalue weighted by molar-refractivity contribution is -0.0909. The molecule has 1 unspecified atom stereocenters. The van der Waals surface area contributed by atoms with E-state index >= 15 is 0 Å². The second-order valence-corrected chi connectivity index (χ2v) is 4.27. The molecule has 4 heteroatoms. The Bertz CT molecular complexity index is 310. The molecule has 2 N–H and O–H groups in total. The van der Waals surface area contributed by atoms with Crippen LogP contribution in [0.2, 0.25) is 0 Å². The largest absolute Gasteiger partial charge is 0.416 e. The highest BCUT2D eigenvalue weighted by Gasteiger charge is 2.39. The molecule has 86 valence electrons. The van der Waals surface area contributed by atoms with Crippen LogP contribution in [0.4, 0.5) is 13.2 Å². The molecular formula is C11H16F3N. The SMILES string of the molecule is CC1=CC(N)CC(C(C)C)=C1C(F)(F)F. The molecule has 1 atom stereocenters. The minimum Gasteiger partial charge on any atom is -0.324 e. The van der Waals surface area contributed by atoms with Gasteiger partial charge in [0.1, 0.15) is 0 Å². The van der Waals surface area contributed by atoms with Crippen molar-refractivity contribution in [3.05, 3.63) is 22.8 Å². The van der Waals surface area contributed by atoms with Gasteiger partial charge in [0.25, 0.3) is 0 Å². The van der Waals surface area contributed by atoms with Crippen LogP contribution < -0.4 is 5.73 Å². The summed E-state index contributed by atoms with van der Waals surface area (Å²) in [6, 6.07) is -0.284. The number of halogens is 3. The first-order chi connectivity index (χ1) is 6.73. The molecule has 1 aliphatic carbocycles. The van der Waals surface area contributed by atoms with Crippen molar-refractivity contribution in [2.75, 3.05) is 0 Å². The molecule has 0 saturated heterocycles. The lowest BCUT2D eigenvalue weighted by atomic mass is 9.83. The van der Waals surface area contributed by atoms with Crippen LogP contribution >= 0.6 is 0 Å². The van der Waals surface area contributed by atoms with Gasteiger partial charge in [-0.25, -0.2) is 0 Å². The third-order valence-corrected chi connectivity index (χ3v) is 2.62. The van der Waals surface area contributed by atoms with Gasteiger partial charge in [0.15, 0.2) is 0 Å². The predicted octanol–water partition coefficient (Wildman–Crippen LogP) is 3.18. The van der Waals surface area contributed by atoms with Gasteiger partial charge in [0, 0.05) is 6.04 Å². The minimum atomic E-state index is -4.26. The number of allylic oxidation sites excluding steroid dienone is 2. The maximum absolute atomic E-state index is 12.8. The highest BCUT2D eigenvalue weighted by atomic mass is 19.4. The van der Waals surface area contributed by atoms with Gasteiger partial charge in [-0.05, 0) is 24.8 Å². The van der Waals surface area contributed by atoms with Crippen LogP contribution in [0, 0.1) is 5.92 Å². The summed E-state index contributed by atoms with van der Waals surface area (Å²) in [6.45, 7) is 5.02. The van der Waals surface area contributed by atoms with E-state index in [1.807, 2.05) is 0 Å². The Morgan fingerprint density at radius 1 is 1.40 bits per heavy atom. The highest BCUT2D eigenvalue weighted by Crippen LogP contribution is 2.39. The first-order valence-electron chi connectivity index (χ1n) is 4.98. The minimum absolute atomic E-state index is 0.115. The van der Waals surface area contributed by atoms with Crippen LogP contribution in [0.25, 0.3) is 0 Å². The summed E-state index contributed by atoms with van der Waals surface area (Å²) in [4.78, 5) is 0. The Hall–Kier alpha value is -0.770. The van der Waals surface area contributed by atoms with Crippen LogP contribution in [-0.4, -0.2) is 12.2 Å². The van der Waals surface area contributed by atoms with Crippen LogP contribution in [0.3, 0.4) is 0 Å². The molecule has 0 fully saturated rings. The molecule has 1 nitrogen and oxygen atoms in total. The summed E-state index contributed by atoms with van der Waals surface area (Å²) in [5.41, 5.74) is 5.89. The molecule has 0 bridgehead atoms. The molecule has 1 aliphatic rings. The molecule has 0 aromatic rings. The first-order valence-corrected chi connectivity index (χ1v) is 4.98. The Morgan fingerprint density at radius 2 is 1.93 bits per heavy atom. The van der Waals surface area contributed by atoms with E-state index in [2.05, 4.69) is 0 Å². The molecule has 0 heterocycles. The second kappa shape index (κ2) is 4.00. The number of rotatable bonds is 1. The van der Waals surface area contributed by atoms with Crippen LogP contribution in [0.5, 0.6) is 0 Å². The topological polar surface area (TPSA) is 26.0 Å². The van der Waals surface area contributed by atoms with E-state index in [9.17, 15) is 13.2 Å². The summed E-state index contributed by atoms with van der Waals surface area (Å²) < 4.78 is 38.4. The Morgan fingerprint density at radius 3 is 2.33 bits per heavy atom. The Balaban J connectivity index is 3.24. The lowest BCUT2D eigenvalue weighted by Crippen LogP contribution is -2.28. The summed E-state index contributed by atoms with van der Waals surface area (Å²) in [5, 5.41) is 0. The smallest absolute Gasteiger partial charge is 0.324 e. The Kier molecular flexibility index (Phi) is 3.28. The van der Waals surface area contributed by atoms with Crippen molar-refractivity contribution < 1.29 is 13.2 Å². The number of hydrogen-bond donors (Lipinski definition) is 1. The average molecular weight is 219 g/mol. The zero-order chi connectivity index (χ0) is 11.8. The van der Waals surface area contributed by atoms with Crippen LogP contribution in [0.15, 0.2) is 22.8 Å². The van der Waals surface area contributed by atoms with Crippen molar-refractivity contribution >= 4 is 0 Å². The van der Waals surface area contributed by atoms with E-state index in [-0.39, 0.29) is 17.5 Å². The molecule has 1 rings (SSSR count). The molecule has 0 amide bonds. The van der Waals surface area contributed by atoms with Crippen molar-refractivity contribution in [2.24, 2.45) is 11.7 Å². The molecule has 0 aromatic heterocycles. The van der Waals surface area contributed by atoms with Crippen molar-refractivity contribution in [3.8, 4) is 0 Å². The monoisotopic (exact) mass is 219 g/mol. The standard InChI is InChI=1S/C11H16F3N/c1-6(2)9-5-8(15)4-7(3)10(9)11(12,13)14/h4,6,8H,5,15H2,1-3H3. The van der Waals surface area contributed by atoms with Gasteiger partial charge in [-0.15, -0.1) is 0 Å². The normalized spacial score (nSPS) is 23.5. The van der Waals surface area contributed by atoms with Crippen LogP contribution in [0.1, 0.15) is 27.2 Å². The molecule has 0 aromatic carbocycles. The third-order valence-electron chi connectivity index (χ3n) is 2.62. The van der Waals surface area contributed by atoms with Crippen molar-refractivity contribution in [2.45, 2.75) is 39.4 Å². The van der Waals surface area contributed by atoms with E-state index in [4.69, 9.17) is 5.73 Å². The third kappa shape index (κ3) is 2.62. The van der Waals surface area contributed by atoms with Gasteiger partial charge in [-0.3, -0.25) is 0 Å². The zero-order valence-corrected chi connectivity index (χ0v) is 9.15. The van der Waals surface area contributed by atoms with Gasteiger partial charge >= 0.3 is 6.18 Å². The molecule has 15 heavy (non-hydrogen) atoms. The molecule has 0 aliphatic heterocycles. The van der Waals surface area contributed by atoms with Gasteiger partial charge in [-0.2, -0.15) is 13.2 Å². The maximum Gasteiger partial charge on any atom is 0.416 e. The fraction of sp³-hybridized carbons (Fsp3) is 0.636. The van der Waals surface area contributed by atoms with Crippen molar-refractivity contribution in [1.29, 1.82) is 0 Å². The van der Waals surface area contributed by atoms with E-state index in [1.54, 1.807) is 13.8 Å². The molecule has 0 spiro atoms. The van der Waals surface area contributed by atoms with E-state index in [1.165, 1.54) is 13.0 Å². The molecule has 0 radical (unpaired) electrons. The predicted molar refractivity (Wildman–Crippen MR) is 54.3 cm³/mol. The average Bonchev–Trinajstić information content (AvgIpc) is 1.99. The van der Waals surface area contributed by atoms with E-state index in [0.29, 0.717) is 12.0 Å². The molecule has 0 saturated carbocycles. The van der Waals surface area contributed by atoms with E-state index in [0.717, 1.165) is 0 Å². The van der Waals surface area contributed by atoms with Crippen molar-refractivity contribution in [1.82, 2.24) is 0 Å². The van der Waals surface area contributed by atoms with Crippen molar-refractivity contribution in [3.63, 3.8) is 0 Å². The fourth-order valence-electron chi connectivity index (χ4n) is 2.00. The highest BCUT2D eigenvalue weighted by molar-refractivity contribution is 5.43. The van der Waals surface area contributed by atoms with Gasteiger partial charge in [0.2, 0.25) is 0 Å². The summed E-state index contributed by atoms with van der Waals surface area (Å²) in [5.74, 6) is -0.115. The lowest BCUT2D eigenvalue weighted by Gasteiger charge is -2.27. The summed E-state index contributed by atoms with van der Waals surface area (Å²) in [6.07, 6.45) is -2.46. The van der Waals surface area contributed by atoms with Gasteiger partial charge in [0.05, 0.1) is 5.57 Å². The van der Waals surface area contributed by atoms with Gasteiger partial charge < -0.3 is 5.73 Å². The van der Waals surface area contributed by atoms with E-state index < -0.39 is 11.7 Å². The Labute approximate surface area is 87.8 Å². The van der Waals surface area contributed by atoms with Gasteiger partial charge in [-0.1, -0.05) is 25.5 Å². The number of hydrogen-bond acceptors (Lipinski definition) is 1. The first kappa shape index (κ1) is 12.3. The molecular weight excluding hydrogens is 203 g/mol. The maximum atomic E-state index is 12.8. The summed E-state index contributed by atoms with van der Waals surface area (Å²) >= 11 is 0. The second-order valence-electron chi connectivity index (χ2n) is 4.27. The quantitative estimate of drug-likeness (QED) is 0.720. The van der Waals surface area contributed by atoms with Crippen LogP contribution in [-0.2, 0) is 0 Å².